The van der Waals surface area contributed by atoms with E-state index in [1.807, 2.05) is 50.4 Å². The fourth-order valence-electron chi connectivity index (χ4n) is 3.06. The number of H-pyrrole nitrogens is 1. The molecule has 0 saturated carbocycles. The predicted octanol–water partition coefficient (Wildman–Crippen LogP) is 4.52. The van der Waals surface area contributed by atoms with E-state index in [-0.39, 0.29) is 5.92 Å². The Balaban J connectivity index is 2.23. The third-order valence-corrected chi connectivity index (χ3v) is 4.11. The Bertz CT molecular complexity index is 755. The van der Waals surface area contributed by atoms with Crippen LogP contribution >= 0.6 is 0 Å². The molecule has 21 heavy (non-hydrogen) atoms. The standard InChI is InChI=1S/C19H19NO/c1-19(2,13-21)18(14-8-4-3-5-9-14)16-12-20-17-11-7-6-10-15(16)17/h3-13,18,20H,1-2H3/t18-/m1/s1. The van der Waals surface area contributed by atoms with Crippen LogP contribution in [0.3, 0.4) is 0 Å². The van der Waals surface area contributed by atoms with Gasteiger partial charge in [-0.2, -0.15) is 0 Å². The van der Waals surface area contributed by atoms with Crippen LogP contribution in [0.4, 0.5) is 0 Å². The highest BCUT2D eigenvalue weighted by atomic mass is 16.1. The van der Waals surface area contributed by atoms with Crippen LogP contribution in [0.2, 0.25) is 0 Å². The number of para-hydroxylation sites is 1. The van der Waals surface area contributed by atoms with Crippen LogP contribution in [0, 0.1) is 5.41 Å². The molecule has 0 unspecified atom stereocenters. The molecule has 0 saturated heterocycles. The normalized spacial score (nSPS) is 13.2. The van der Waals surface area contributed by atoms with Gasteiger partial charge in [-0.25, -0.2) is 0 Å². The third kappa shape index (κ3) is 2.38. The molecule has 0 aliphatic carbocycles. The first-order valence-electron chi connectivity index (χ1n) is 7.21. The van der Waals surface area contributed by atoms with Gasteiger partial charge in [-0.1, -0.05) is 62.4 Å². The van der Waals surface area contributed by atoms with Gasteiger partial charge in [0.25, 0.3) is 0 Å². The van der Waals surface area contributed by atoms with E-state index in [2.05, 4.69) is 29.2 Å². The first-order valence-corrected chi connectivity index (χ1v) is 7.21. The number of benzene rings is 2. The van der Waals surface area contributed by atoms with E-state index < -0.39 is 5.41 Å². The fourth-order valence-corrected chi connectivity index (χ4v) is 3.06. The second-order valence-electron chi connectivity index (χ2n) is 6.07. The lowest BCUT2D eigenvalue weighted by molar-refractivity contribution is -0.115. The molecule has 1 heterocycles. The van der Waals surface area contributed by atoms with E-state index in [9.17, 15) is 4.79 Å². The van der Waals surface area contributed by atoms with Gasteiger partial charge in [0, 0.05) is 28.4 Å². The second-order valence-corrected chi connectivity index (χ2v) is 6.07. The van der Waals surface area contributed by atoms with Gasteiger partial charge in [0.05, 0.1) is 0 Å². The summed E-state index contributed by atoms with van der Waals surface area (Å²) in [5, 5.41) is 1.18. The minimum atomic E-state index is -0.466. The van der Waals surface area contributed by atoms with Crippen molar-refractivity contribution in [2.75, 3.05) is 0 Å². The van der Waals surface area contributed by atoms with Crippen molar-refractivity contribution in [3.8, 4) is 0 Å². The van der Waals surface area contributed by atoms with E-state index in [0.29, 0.717) is 0 Å². The van der Waals surface area contributed by atoms with Crippen LogP contribution in [-0.4, -0.2) is 11.3 Å². The SMILES string of the molecule is CC(C)(C=O)[C@H](c1ccccc1)c1c[nH]c2ccccc12. The molecule has 2 aromatic carbocycles. The molecular formula is C19H19NO. The van der Waals surface area contributed by atoms with Gasteiger partial charge in [0.15, 0.2) is 0 Å². The molecule has 0 radical (unpaired) electrons. The van der Waals surface area contributed by atoms with Crippen molar-refractivity contribution in [2.24, 2.45) is 5.41 Å². The Labute approximate surface area is 124 Å². The summed E-state index contributed by atoms with van der Waals surface area (Å²) in [7, 11) is 0. The van der Waals surface area contributed by atoms with Crippen LogP contribution in [0.5, 0.6) is 0 Å². The molecule has 0 spiro atoms. The van der Waals surface area contributed by atoms with E-state index in [1.165, 1.54) is 16.5 Å². The monoisotopic (exact) mass is 277 g/mol. The predicted molar refractivity (Wildman–Crippen MR) is 86.4 cm³/mol. The van der Waals surface area contributed by atoms with Crippen LogP contribution in [-0.2, 0) is 4.79 Å². The number of fused-ring (bicyclic) bond motifs is 1. The average molecular weight is 277 g/mol. The maximum absolute atomic E-state index is 11.7. The van der Waals surface area contributed by atoms with Crippen molar-refractivity contribution in [3.05, 3.63) is 71.9 Å². The third-order valence-electron chi connectivity index (χ3n) is 4.11. The highest BCUT2D eigenvalue weighted by Crippen LogP contribution is 2.42. The zero-order valence-corrected chi connectivity index (χ0v) is 12.3. The highest BCUT2D eigenvalue weighted by molar-refractivity contribution is 5.85. The Morgan fingerprint density at radius 3 is 2.38 bits per heavy atom. The molecule has 106 valence electrons. The maximum atomic E-state index is 11.7. The summed E-state index contributed by atoms with van der Waals surface area (Å²) in [4.78, 5) is 15.0. The molecule has 0 fully saturated rings. The molecule has 2 heteroatoms. The molecule has 1 atom stereocenters. The Morgan fingerprint density at radius 2 is 1.67 bits per heavy atom. The molecule has 1 aromatic heterocycles. The zero-order valence-electron chi connectivity index (χ0n) is 12.3. The largest absolute Gasteiger partial charge is 0.361 e. The lowest BCUT2D eigenvalue weighted by Gasteiger charge is -2.29. The van der Waals surface area contributed by atoms with Crippen molar-refractivity contribution in [1.82, 2.24) is 4.98 Å². The van der Waals surface area contributed by atoms with Crippen molar-refractivity contribution in [3.63, 3.8) is 0 Å². The van der Waals surface area contributed by atoms with Crippen molar-refractivity contribution in [2.45, 2.75) is 19.8 Å². The van der Waals surface area contributed by atoms with Crippen LogP contribution in [0.15, 0.2) is 60.8 Å². The van der Waals surface area contributed by atoms with Crippen LogP contribution in [0.1, 0.15) is 30.9 Å². The number of hydrogen-bond donors (Lipinski definition) is 1. The molecule has 3 rings (SSSR count). The summed E-state index contributed by atoms with van der Waals surface area (Å²) in [6, 6.07) is 18.5. The number of carbonyl (C=O) groups excluding carboxylic acids is 1. The zero-order chi connectivity index (χ0) is 14.9. The Morgan fingerprint density at radius 1 is 1.00 bits per heavy atom. The smallest absolute Gasteiger partial charge is 0.126 e. The van der Waals surface area contributed by atoms with Crippen molar-refractivity contribution in [1.29, 1.82) is 0 Å². The Kier molecular flexibility index (Phi) is 3.38. The van der Waals surface area contributed by atoms with Crippen LogP contribution in [0.25, 0.3) is 10.9 Å². The van der Waals surface area contributed by atoms with Gasteiger partial charge in [0.2, 0.25) is 0 Å². The van der Waals surface area contributed by atoms with Crippen LogP contribution < -0.4 is 0 Å². The van der Waals surface area contributed by atoms with Gasteiger partial charge >= 0.3 is 0 Å². The van der Waals surface area contributed by atoms with Crippen molar-refractivity contribution >= 4 is 17.2 Å². The lowest BCUT2D eigenvalue weighted by Crippen LogP contribution is -2.24. The molecule has 2 nitrogen and oxygen atoms in total. The molecule has 1 N–H and O–H groups in total. The summed E-state index contributed by atoms with van der Waals surface area (Å²) in [6.45, 7) is 4.00. The van der Waals surface area contributed by atoms with E-state index in [1.54, 1.807) is 0 Å². The Hall–Kier alpha value is -2.35. The fraction of sp³-hybridized carbons (Fsp3) is 0.211. The summed E-state index contributed by atoms with van der Waals surface area (Å²) in [5.74, 6) is 0.0346. The number of aldehydes is 1. The number of aromatic nitrogens is 1. The number of hydrogen-bond acceptors (Lipinski definition) is 1. The van der Waals surface area contributed by atoms with Gasteiger partial charge in [-0.15, -0.1) is 0 Å². The summed E-state index contributed by atoms with van der Waals surface area (Å²) in [6.07, 6.45) is 3.10. The first-order chi connectivity index (χ1) is 10.1. The minimum absolute atomic E-state index is 0.0346. The quantitative estimate of drug-likeness (QED) is 0.698. The lowest BCUT2D eigenvalue weighted by atomic mass is 9.72. The number of rotatable bonds is 4. The van der Waals surface area contributed by atoms with Gasteiger partial charge in [-0.3, -0.25) is 0 Å². The average Bonchev–Trinajstić information content (AvgIpc) is 2.92. The summed E-state index contributed by atoms with van der Waals surface area (Å²) >= 11 is 0. The first kappa shape index (κ1) is 13.6. The molecule has 0 bridgehead atoms. The van der Waals surface area contributed by atoms with Gasteiger partial charge < -0.3 is 9.78 Å². The number of aromatic amines is 1. The summed E-state index contributed by atoms with van der Waals surface area (Å²) < 4.78 is 0. The van der Waals surface area contributed by atoms with E-state index in [4.69, 9.17) is 0 Å². The molecule has 0 amide bonds. The number of carbonyl (C=O) groups is 1. The van der Waals surface area contributed by atoms with Crippen molar-refractivity contribution < 1.29 is 4.79 Å². The van der Waals surface area contributed by atoms with E-state index >= 15 is 0 Å². The molecular weight excluding hydrogens is 258 g/mol. The molecule has 3 aromatic rings. The topological polar surface area (TPSA) is 32.9 Å². The molecule has 0 aliphatic heterocycles. The van der Waals surface area contributed by atoms with Gasteiger partial charge in [-0.05, 0) is 17.2 Å². The second kappa shape index (κ2) is 5.21. The summed E-state index contributed by atoms with van der Waals surface area (Å²) in [5.41, 5.74) is 2.98. The minimum Gasteiger partial charge on any atom is -0.361 e. The highest BCUT2D eigenvalue weighted by Gasteiger charge is 2.33. The maximum Gasteiger partial charge on any atom is 0.126 e. The van der Waals surface area contributed by atoms with E-state index in [0.717, 1.165) is 11.8 Å². The van der Waals surface area contributed by atoms with Gasteiger partial charge in [0.1, 0.15) is 6.29 Å². The molecule has 0 aliphatic rings. The number of nitrogens with one attached hydrogen (secondary N) is 1.